The van der Waals surface area contributed by atoms with Gasteiger partial charge in [-0.15, -0.1) is 0 Å². The molecule has 0 aliphatic rings. The van der Waals surface area contributed by atoms with Gasteiger partial charge >= 0.3 is 5.97 Å². The smallest absolute Gasteiger partial charge is 0.307 e. The minimum absolute atomic E-state index is 0.181. The van der Waals surface area contributed by atoms with Crippen LogP contribution in [-0.4, -0.2) is 36.4 Å². The van der Waals surface area contributed by atoms with Crippen LogP contribution in [0.25, 0.3) is 0 Å². The monoisotopic (exact) mass is 337 g/mol. The Morgan fingerprint density at radius 3 is 2.46 bits per heavy atom. The van der Waals surface area contributed by atoms with Crippen LogP contribution in [0.5, 0.6) is 5.75 Å². The largest absolute Gasteiger partial charge is 0.494 e. The third-order valence-electron chi connectivity index (χ3n) is 3.25. The fraction of sp³-hybridized carbons (Fsp3) is 0.632. The summed E-state index contributed by atoms with van der Waals surface area (Å²) in [5.41, 5.74) is 0.720. The lowest BCUT2D eigenvalue weighted by Crippen LogP contribution is -2.26. The first kappa shape index (κ1) is 20.5. The van der Waals surface area contributed by atoms with E-state index in [9.17, 15) is 4.79 Å². The molecule has 0 atom stereocenters. The number of carbonyl (C=O) groups is 1. The first-order valence-corrected chi connectivity index (χ1v) is 8.66. The van der Waals surface area contributed by atoms with Gasteiger partial charge in [0, 0.05) is 19.7 Å². The molecule has 136 valence electrons. The van der Waals surface area contributed by atoms with E-state index in [1.807, 2.05) is 45.0 Å². The lowest BCUT2D eigenvalue weighted by Gasteiger charge is -2.19. The Hall–Kier alpha value is -1.59. The van der Waals surface area contributed by atoms with Gasteiger partial charge in [-0.3, -0.25) is 4.79 Å². The van der Waals surface area contributed by atoms with E-state index in [-0.39, 0.29) is 12.6 Å². The van der Waals surface area contributed by atoms with E-state index in [4.69, 9.17) is 14.6 Å². The molecule has 0 unspecified atom stereocenters. The molecule has 24 heavy (non-hydrogen) atoms. The Morgan fingerprint density at radius 2 is 1.83 bits per heavy atom. The summed E-state index contributed by atoms with van der Waals surface area (Å²) in [6.07, 6.45) is 3.13. The van der Waals surface area contributed by atoms with Crippen molar-refractivity contribution in [2.45, 2.75) is 58.6 Å². The second-order valence-corrected chi connectivity index (χ2v) is 6.79. The number of carbonyl (C=O) groups excluding carboxylic acids is 1. The van der Waals surface area contributed by atoms with Crippen molar-refractivity contribution in [2.24, 2.45) is 0 Å². The van der Waals surface area contributed by atoms with Crippen LogP contribution in [0, 0.1) is 0 Å². The minimum Gasteiger partial charge on any atom is -0.494 e. The standard InChI is InChI=1S/C19H31NO4/c1-19(2,3)24-18(22)11-12-20-15-16-7-9-17(10-8-16)23-14-6-4-5-13-21/h7-10,20-21H,4-6,11-15H2,1-3H3. The molecule has 1 aromatic carbocycles. The molecule has 0 bridgehead atoms. The van der Waals surface area contributed by atoms with Gasteiger partial charge in [0.05, 0.1) is 13.0 Å². The van der Waals surface area contributed by atoms with E-state index in [1.54, 1.807) is 0 Å². The van der Waals surface area contributed by atoms with Gasteiger partial charge < -0.3 is 19.9 Å². The second kappa shape index (κ2) is 11.0. The molecule has 0 saturated carbocycles. The summed E-state index contributed by atoms with van der Waals surface area (Å²) in [5.74, 6) is 0.677. The van der Waals surface area contributed by atoms with Crippen molar-refractivity contribution < 1.29 is 19.4 Å². The van der Waals surface area contributed by atoms with Crippen LogP contribution in [0.3, 0.4) is 0 Å². The quantitative estimate of drug-likeness (QED) is 0.480. The van der Waals surface area contributed by atoms with Gasteiger partial charge in [-0.25, -0.2) is 0 Å². The number of aliphatic hydroxyl groups is 1. The molecule has 5 heteroatoms. The average molecular weight is 337 g/mol. The fourth-order valence-corrected chi connectivity index (χ4v) is 2.10. The van der Waals surface area contributed by atoms with E-state index in [0.29, 0.717) is 26.1 Å². The van der Waals surface area contributed by atoms with Crippen molar-refractivity contribution in [1.29, 1.82) is 0 Å². The Kier molecular flexibility index (Phi) is 9.42. The maximum atomic E-state index is 11.6. The number of hydrogen-bond donors (Lipinski definition) is 2. The molecule has 5 nitrogen and oxygen atoms in total. The molecule has 0 spiro atoms. The summed E-state index contributed by atoms with van der Waals surface area (Å²) in [6.45, 7) is 7.83. The van der Waals surface area contributed by atoms with Gasteiger partial charge in [0.1, 0.15) is 11.4 Å². The molecule has 0 aliphatic carbocycles. The maximum absolute atomic E-state index is 11.6. The predicted molar refractivity (Wildman–Crippen MR) is 95.0 cm³/mol. The summed E-state index contributed by atoms with van der Waals surface area (Å²) >= 11 is 0. The lowest BCUT2D eigenvalue weighted by molar-refractivity contribution is -0.154. The average Bonchev–Trinajstić information content (AvgIpc) is 2.51. The van der Waals surface area contributed by atoms with E-state index in [1.165, 1.54) is 0 Å². The first-order chi connectivity index (χ1) is 11.4. The molecular weight excluding hydrogens is 306 g/mol. The molecule has 2 N–H and O–H groups in total. The maximum Gasteiger partial charge on any atom is 0.307 e. The van der Waals surface area contributed by atoms with Crippen LogP contribution >= 0.6 is 0 Å². The van der Waals surface area contributed by atoms with Crippen LogP contribution in [0.4, 0.5) is 0 Å². The molecule has 0 aromatic heterocycles. The second-order valence-electron chi connectivity index (χ2n) is 6.79. The van der Waals surface area contributed by atoms with Crippen molar-refractivity contribution in [1.82, 2.24) is 5.32 Å². The summed E-state index contributed by atoms with van der Waals surface area (Å²) in [7, 11) is 0. The van der Waals surface area contributed by atoms with Crippen LogP contribution in [0.1, 0.15) is 52.0 Å². The molecule has 0 aliphatic heterocycles. The molecule has 0 heterocycles. The summed E-state index contributed by atoms with van der Waals surface area (Å²) in [6, 6.07) is 7.95. The highest BCUT2D eigenvalue weighted by molar-refractivity contribution is 5.70. The van der Waals surface area contributed by atoms with Gasteiger partial charge in [-0.2, -0.15) is 0 Å². The molecule has 1 rings (SSSR count). The zero-order valence-corrected chi connectivity index (χ0v) is 15.1. The number of unbranched alkanes of at least 4 members (excludes halogenated alkanes) is 2. The Bertz CT molecular complexity index is 465. The zero-order chi connectivity index (χ0) is 17.8. The number of rotatable bonds is 11. The van der Waals surface area contributed by atoms with Gasteiger partial charge in [0.15, 0.2) is 0 Å². The molecular formula is C19H31NO4. The third kappa shape index (κ3) is 10.2. The molecule has 0 amide bonds. The highest BCUT2D eigenvalue weighted by atomic mass is 16.6. The normalized spacial score (nSPS) is 11.3. The van der Waals surface area contributed by atoms with Crippen molar-refractivity contribution in [3.8, 4) is 5.75 Å². The van der Waals surface area contributed by atoms with Crippen LogP contribution in [-0.2, 0) is 16.1 Å². The molecule has 0 radical (unpaired) electrons. The van der Waals surface area contributed by atoms with E-state index < -0.39 is 5.60 Å². The van der Waals surface area contributed by atoms with Crippen LogP contribution in [0.15, 0.2) is 24.3 Å². The van der Waals surface area contributed by atoms with Crippen molar-refractivity contribution in [2.75, 3.05) is 19.8 Å². The van der Waals surface area contributed by atoms with Crippen molar-refractivity contribution in [3.05, 3.63) is 29.8 Å². The molecule has 0 saturated heterocycles. The van der Waals surface area contributed by atoms with Gasteiger partial charge in [0.25, 0.3) is 0 Å². The predicted octanol–water partition coefficient (Wildman–Crippen LogP) is 3.05. The van der Waals surface area contributed by atoms with E-state index >= 15 is 0 Å². The molecule has 0 fully saturated rings. The van der Waals surface area contributed by atoms with E-state index in [0.717, 1.165) is 30.6 Å². The van der Waals surface area contributed by atoms with Gasteiger partial charge in [-0.1, -0.05) is 12.1 Å². The van der Waals surface area contributed by atoms with Crippen LogP contribution in [0.2, 0.25) is 0 Å². The Morgan fingerprint density at radius 1 is 1.12 bits per heavy atom. The summed E-state index contributed by atoms with van der Waals surface area (Å²) in [4.78, 5) is 11.6. The van der Waals surface area contributed by atoms with E-state index in [2.05, 4.69) is 5.32 Å². The SMILES string of the molecule is CC(C)(C)OC(=O)CCNCc1ccc(OCCCCCO)cc1. The number of aliphatic hydroxyl groups excluding tert-OH is 1. The lowest BCUT2D eigenvalue weighted by atomic mass is 10.2. The fourth-order valence-electron chi connectivity index (χ4n) is 2.10. The van der Waals surface area contributed by atoms with Gasteiger partial charge in [0.2, 0.25) is 0 Å². The van der Waals surface area contributed by atoms with Crippen LogP contribution < -0.4 is 10.1 Å². The first-order valence-electron chi connectivity index (χ1n) is 8.66. The Balaban J connectivity index is 2.17. The molecule has 1 aromatic rings. The van der Waals surface area contributed by atoms with Gasteiger partial charge in [-0.05, 0) is 57.7 Å². The topological polar surface area (TPSA) is 67.8 Å². The minimum atomic E-state index is -0.426. The highest BCUT2D eigenvalue weighted by Gasteiger charge is 2.15. The summed E-state index contributed by atoms with van der Waals surface area (Å²) < 4.78 is 10.9. The third-order valence-corrected chi connectivity index (χ3v) is 3.25. The number of benzene rings is 1. The Labute approximate surface area is 145 Å². The number of ether oxygens (including phenoxy) is 2. The number of hydrogen-bond acceptors (Lipinski definition) is 5. The zero-order valence-electron chi connectivity index (χ0n) is 15.1. The number of esters is 1. The van der Waals surface area contributed by atoms with Crippen molar-refractivity contribution >= 4 is 5.97 Å². The van der Waals surface area contributed by atoms with Crippen molar-refractivity contribution in [3.63, 3.8) is 0 Å². The number of nitrogens with one attached hydrogen (secondary N) is 1. The summed E-state index contributed by atoms with van der Waals surface area (Å²) in [5, 5.41) is 11.9. The highest BCUT2D eigenvalue weighted by Crippen LogP contribution is 2.13.